The number of hydrogen-bond donors (Lipinski definition) is 1. The number of aryl methyl sites for hydroxylation is 1. The Labute approximate surface area is 202 Å². The summed E-state index contributed by atoms with van der Waals surface area (Å²) in [6.45, 7) is 3.26. The van der Waals surface area contributed by atoms with Gasteiger partial charge in [0.15, 0.2) is 11.5 Å². The molecule has 0 radical (unpaired) electrons. The highest BCUT2D eigenvalue weighted by atomic mass is 16.7. The van der Waals surface area contributed by atoms with Crippen LogP contribution in [0.15, 0.2) is 67.5 Å². The summed E-state index contributed by atoms with van der Waals surface area (Å²) in [5, 5.41) is 3.01. The van der Waals surface area contributed by atoms with E-state index < -0.39 is 0 Å². The smallest absolute Gasteiger partial charge is 0.239 e. The molecule has 0 bridgehead atoms. The molecular weight excluding hydrogens is 446 g/mol. The molecule has 0 saturated heterocycles. The summed E-state index contributed by atoms with van der Waals surface area (Å²) in [6, 6.07) is 11.5. The lowest BCUT2D eigenvalue weighted by Crippen LogP contribution is -2.38. The van der Waals surface area contributed by atoms with Crippen molar-refractivity contribution in [2.24, 2.45) is 0 Å². The molecule has 1 amide bonds. The monoisotopic (exact) mass is 471 g/mol. The van der Waals surface area contributed by atoms with Crippen molar-refractivity contribution in [2.75, 3.05) is 24.8 Å². The molecule has 3 aromatic heterocycles. The Kier molecular flexibility index (Phi) is 6.51. The number of ether oxygens (including phenoxy) is 2. The van der Waals surface area contributed by atoms with Crippen LogP contribution < -0.4 is 19.7 Å². The van der Waals surface area contributed by atoms with Crippen LogP contribution in [0.2, 0.25) is 0 Å². The summed E-state index contributed by atoms with van der Waals surface area (Å²) >= 11 is 0. The van der Waals surface area contributed by atoms with Crippen molar-refractivity contribution in [2.45, 2.75) is 19.9 Å². The second kappa shape index (κ2) is 10.2. The van der Waals surface area contributed by atoms with Crippen LogP contribution in [-0.2, 0) is 17.8 Å². The quantitative estimate of drug-likeness (QED) is 0.397. The molecule has 1 N–H and O–H groups in total. The number of amides is 1. The lowest BCUT2D eigenvalue weighted by Gasteiger charge is -2.24. The van der Waals surface area contributed by atoms with Crippen molar-refractivity contribution in [3.63, 3.8) is 0 Å². The van der Waals surface area contributed by atoms with Crippen molar-refractivity contribution in [1.82, 2.24) is 29.8 Å². The van der Waals surface area contributed by atoms with Gasteiger partial charge in [-0.15, -0.1) is 0 Å². The molecule has 0 saturated carbocycles. The molecule has 10 nitrogen and oxygen atoms in total. The van der Waals surface area contributed by atoms with E-state index in [0.717, 1.165) is 28.3 Å². The highest BCUT2D eigenvalue weighted by Crippen LogP contribution is 2.32. The second-order valence-corrected chi connectivity index (χ2v) is 8.14. The van der Waals surface area contributed by atoms with E-state index in [1.54, 1.807) is 35.7 Å². The molecule has 35 heavy (non-hydrogen) atoms. The fourth-order valence-corrected chi connectivity index (χ4v) is 3.79. The summed E-state index contributed by atoms with van der Waals surface area (Å²) in [5.74, 6) is 2.53. The number of fused-ring (bicyclic) bond motifs is 1. The minimum absolute atomic E-state index is 0.102. The molecule has 5 rings (SSSR count). The Balaban J connectivity index is 1.28. The minimum atomic E-state index is -0.102. The lowest BCUT2D eigenvalue weighted by molar-refractivity contribution is -0.119. The molecule has 1 aliphatic heterocycles. The fraction of sp³-hybridized carbons (Fsp3) is 0.240. The normalized spacial score (nSPS) is 11.9. The molecule has 4 aromatic rings. The van der Waals surface area contributed by atoms with Crippen molar-refractivity contribution in [3.8, 4) is 17.4 Å². The summed E-state index contributed by atoms with van der Waals surface area (Å²) in [7, 11) is 0. The molecular formula is C25H25N7O3. The van der Waals surface area contributed by atoms with Gasteiger partial charge >= 0.3 is 0 Å². The first-order chi connectivity index (χ1) is 17.1. The molecule has 0 fully saturated rings. The van der Waals surface area contributed by atoms with E-state index in [1.165, 1.54) is 0 Å². The van der Waals surface area contributed by atoms with E-state index in [-0.39, 0.29) is 19.2 Å². The van der Waals surface area contributed by atoms with Gasteiger partial charge in [-0.2, -0.15) is 4.98 Å². The van der Waals surface area contributed by atoms with Crippen LogP contribution in [0.1, 0.15) is 16.8 Å². The minimum Gasteiger partial charge on any atom is -0.454 e. The van der Waals surface area contributed by atoms with Gasteiger partial charge in [0.05, 0.1) is 6.54 Å². The lowest BCUT2D eigenvalue weighted by atomic mass is 10.1. The SMILES string of the molecule is Cc1cc(N(CC(=O)NCCc2ccc3c(c2)OCO3)Cc2cccnc2)nc(-n2ccnc2)n1. The topological polar surface area (TPSA) is 107 Å². The highest BCUT2D eigenvalue weighted by molar-refractivity contribution is 5.81. The Morgan fingerprint density at radius 3 is 2.83 bits per heavy atom. The number of nitrogens with one attached hydrogen (secondary N) is 1. The zero-order chi connectivity index (χ0) is 24.0. The Morgan fingerprint density at radius 1 is 1.09 bits per heavy atom. The van der Waals surface area contributed by atoms with Crippen LogP contribution >= 0.6 is 0 Å². The Hall–Kier alpha value is -4.47. The van der Waals surface area contributed by atoms with Gasteiger partial charge < -0.3 is 19.7 Å². The zero-order valence-electron chi connectivity index (χ0n) is 19.3. The van der Waals surface area contributed by atoms with Crippen LogP contribution in [0.3, 0.4) is 0 Å². The van der Waals surface area contributed by atoms with Crippen LogP contribution in [0.5, 0.6) is 11.5 Å². The largest absolute Gasteiger partial charge is 0.454 e. The number of pyridine rings is 1. The first-order valence-corrected chi connectivity index (χ1v) is 11.3. The first-order valence-electron chi connectivity index (χ1n) is 11.3. The predicted octanol–water partition coefficient (Wildman–Crippen LogP) is 2.46. The van der Waals surface area contributed by atoms with Crippen molar-refractivity contribution < 1.29 is 14.3 Å². The maximum Gasteiger partial charge on any atom is 0.239 e. The standard InChI is InChI=1S/C25H25N7O3/c1-18-11-23(30-25(29-18)31-10-9-27-16-31)32(14-20-3-2-7-26-13-20)15-24(33)28-8-6-19-4-5-21-22(12-19)35-17-34-21/h2-5,7,9-13,16H,6,8,14-15,17H2,1H3,(H,28,33). The van der Waals surface area contributed by atoms with Crippen molar-refractivity contribution >= 4 is 11.7 Å². The number of anilines is 1. The van der Waals surface area contributed by atoms with Gasteiger partial charge in [0.1, 0.15) is 12.1 Å². The number of hydrogen-bond acceptors (Lipinski definition) is 8. The van der Waals surface area contributed by atoms with Crippen molar-refractivity contribution in [3.05, 3.63) is 84.3 Å². The number of carbonyl (C=O) groups is 1. The first kappa shape index (κ1) is 22.3. The number of carbonyl (C=O) groups excluding carboxylic acids is 1. The summed E-state index contributed by atoms with van der Waals surface area (Å²) in [5.41, 5.74) is 2.83. The molecule has 178 valence electrons. The van der Waals surface area contributed by atoms with E-state index in [1.807, 2.05) is 48.2 Å². The van der Waals surface area contributed by atoms with Gasteiger partial charge in [-0.3, -0.25) is 14.3 Å². The average molecular weight is 472 g/mol. The van der Waals surface area contributed by atoms with E-state index >= 15 is 0 Å². The van der Waals surface area contributed by atoms with Crippen LogP contribution in [0, 0.1) is 6.92 Å². The number of aromatic nitrogens is 5. The Morgan fingerprint density at radius 2 is 2.00 bits per heavy atom. The molecule has 4 heterocycles. The van der Waals surface area contributed by atoms with E-state index in [0.29, 0.717) is 31.3 Å². The van der Waals surface area contributed by atoms with E-state index in [2.05, 4.69) is 20.3 Å². The molecule has 1 aromatic carbocycles. The van der Waals surface area contributed by atoms with Gasteiger partial charge in [0, 0.05) is 49.6 Å². The summed E-state index contributed by atoms with van der Waals surface area (Å²) in [6.07, 6.45) is 9.30. The van der Waals surface area contributed by atoms with E-state index in [4.69, 9.17) is 14.5 Å². The van der Waals surface area contributed by atoms with Crippen LogP contribution in [-0.4, -0.2) is 50.3 Å². The van der Waals surface area contributed by atoms with Gasteiger partial charge in [0.2, 0.25) is 18.6 Å². The number of nitrogens with zero attached hydrogens (tertiary/aromatic N) is 6. The third-order valence-corrected chi connectivity index (χ3v) is 5.49. The number of imidazole rings is 1. The third-order valence-electron chi connectivity index (χ3n) is 5.49. The molecule has 0 spiro atoms. The fourth-order valence-electron chi connectivity index (χ4n) is 3.79. The molecule has 0 unspecified atom stereocenters. The van der Waals surface area contributed by atoms with Gasteiger partial charge in [-0.25, -0.2) is 9.97 Å². The zero-order valence-corrected chi connectivity index (χ0v) is 19.3. The van der Waals surface area contributed by atoms with Gasteiger partial charge in [-0.1, -0.05) is 12.1 Å². The van der Waals surface area contributed by atoms with Crippen molar-refractivity contribution in [1.29, 1.82) is 0 Å². The predicted molar refractivity (Wildman–Crippen MR) is 128 cm³/mol. The number of benzene rings is 1. The molecule has 1 aliphatic rings. The third kappa shape index (κ3) is 5.55. The molecule has 10 heteroatoms. The second-order valence-electron chi connectivity index (χ2n) is 8.14. The van der Waals surface area contributed by atoms with Crippen LogP contribution in [0.25, 0.3) is 5.95 Å². The van der Waals surface area contributed by atoms with Gasteiger partial charge in [0.25, 0.3) is 0 Å². The molecule has 0 atom stereocenters. The molecule has 0 aliphatic carbocycles. The highest BCUT2D eigenvalue weighted by Gasteiger charge is 2.17. The Bertz CT molecular complexity index is 1300. The van der Waals surface area contributed by atoms with Crippen LogP contribution in [0.4, 0.5) is 5.82 Å². The number of rotatable bonds is 9. The maximum atomic E-state index is 12.9. The van der Waals surface area contributed by atoms with E-state index in [9.17, 15) is 4.79 Å². The summed E-state index contributed by atoms with van der Waals surface area (Å²) < 4.78 is 12.5. The maximum absolute atomic E-state index is 12.9. The van der Waals surface area contributed by atoms with Gasteiger partial charge in [-0.05, 0) is 42.7 Å². The summed E-state index contributed by atoms with van der Waals surface area (Å²) in [4.78, 5) is 32.3. The average Bonchev–Trinajstić information content (AvgIpc) is 3.56.